The van der Waals surface area contributed by atoms with E-state index >= 15 is 0 Å². The van der Waals surface area contributed by atoms with Crippen LogP contribution < -0.4 is 0 Å². The summed E-state index contributed by atoms with van der Waals surface area (Å²) < 4.78 is 5.49. The lowest BCUT2D eigenvalue weighted by Gasteiger charge is -2.27. The average molecular weight is 256 g/mol. The summed E-state index contributed by atoms with van der Waals surface area (Å²) in [5.41, 5.74) is -0.470. The molecule has 2 fully saturated rings. The minimum atomic E-state index is -0.470. The minimum absolute atomic E-state index is 0.0612. The molecule has 0 radical (unpaired) electrons. The quantitative estimate of drug-likeness (QED) is 0.745. The second-order valence-corrected chi connectivity index (χ2v) is 6.66. The average Bonchev–Trinajstić information content (AvgIpc) is 2.80. The van der Waals surface area contributed by atoms with Crippen LogP contribution in [-0.4, -0.2) is 35.0 Å². The van der Waals surface area contributed by atoms with Crippen LogP contribution >= 0.6 is 0 Å². The number of ether oxygens (including phenoxy) is 1. The van der Waals surface area contributed by atoms with Crippen LogP contribution in [0.3, 0.4) is 0 Å². The fourth-order valence-corrected chi connectivity index (χ4v) is 3.92. The van der Waals surface area contributed by atoms with Crippen LogP contribution in [0.2, 0.25) is 0 Å². The lowest BCUT2D eigenvalue weighted by atomic mass is 9.80. The minimum Gasteiger partial charge on any atom is -0.460 e. The van der Waals surface area contributed by atoms with Crippen molar-refractivity contribution in [2.75, 3.05) is 13.2 Å². The Balaban J connectivity index is 2.13. The molecule has 2 aliphatic carbocycles. The lowest BCUT2D eigenvalue weighted by molar-refractivity contribution is -0.162. The zero-order chi connectivity index (χ0) is 13.5. The molecule has 5 atom stereocenters. The Morgan fingerprint density at radius 3 is 1.89 bits per heavy atom. The van der Waals surface area contributed by atoms with Gasteiger partial charge in [0.05, 0.1) is 5.92 Å². The first-order valence-electron chi connectivity index (χ1n) is 6.83. The van der Waals surface area contributed by atoms with Gasteiger partial charge in [-0.3, -0.25) is 4.79 Å². The van der Waals surface area contributed by atoms with E-state index in [1.54, 1.807) is 0 Å². The highest BCUT2D eigenvalue weighted by Gasteiger charge is 2.57. The van der Waals surface area contributed by atoms with Gasteiger partial charge in [0, 0.05) is 13.2 Å². The zero-order valence-electron chi connectivity index (χ0n) is 11.4. The summed E-state index contributed by atoms with van der Waals surface area (Å²) in [6.07, 6.45) is 1.94. The van der Waals surface area contributed by atoms with Crippen molar-refractivity contribution in [3.8, 4) is 0 Å². The standard InChI is InChI=1S/C14H24O4/c1-14(2,3)18-13(17)12-8-4-5-9(12)11(7-16)10(8)6-15/h8-12,15-16H,4-7H2,1-3H3/t8-,9+,10-,11+,12?. The number of carbonyl (C=O) groups excluding carboxylic acids is 1. The van der Waals surface area contributed by atoms with E-state index in [1.165, 1.54) is 0 Å². The molecule has 0 aromatic carbocycles. The largest absolute Gasteiger partial charge is 0.460 e. The van der Waals surface area contributed by atoms with Gasteiger partial charge >= 0.3 is 5.97 Å². The highest BCUT2D eigenvalue weighted by molar-refractivity contribution is 5.74. The molecule has 1 unspecified atom stereocenters. The van der Waals surface area contributed by atoms with E-state index in [0.717, 1.165) is 12.8 Å². The van der Waals surface area contributed by atoms with Crippen molar-refractivity contribution in [3.05, 3.63) is 0 Å². The molecular formula is C14H24O4. The number of carbonyl (C=O) groups is 1. The Hall–Kier alpha value is -0.610. The predicted molar refractivity (Wildman–Crippen MR) is 66.7 cm³/mol. The number of rotatable bonds is 3. The molecule has 2 rings (SSSR count). The first-order chi connectivity index (χ1) is 8.39. The van der Waals surface area contributed by atoms with Crippen LogP contribution in [0, 0.1) is 29.6 Å². The molecule has 2 saturated carbocycles. The lowest BCUT2D eigenvalue weighted by Crippen LogP contribution is -2.31. The van der Waals surface area contributed by atoms with E-state index in [-0.39, 0.29) is 48.8 Å². The summed E-state index contributed by atoms with van der Waals surface area (Å²) in [6.45, 7) is 5.73. The number of esters is 1. The summed E-state index contributed by atoms with van der Waals surface area (Å²) in [4.78, 5) is 12.3. The van der Waals surface area contributed by atoms with Crippen molar-refractivity contribution in [1.29, 1.82) is 0 Å². The van der Waals surface area contributed by atoms with Crippen LogP contribution in [0.25, 0.3) is 0 Å². The fraction of sp³-hybridized carbons (Fsp3) is 0.929. The molecule has 2 N–H and O–H groups in total. The summed E-state index contributed by atoms with van der Waals surface area (Å²) in [6, 6.07) is 0. The third-order valence-electron chi connectivity index (χ3n) is 4.51. The number of hydrogen-bond acceptors (Lipinski definition) is 4. The molecule has 0 spiro atoms. The van der Waals surface area contributed by atoms with Crippen molar-refractivity contribution in [2.45, 2.75) is 39.2 Å². The first kappa shape index (κ1) is 13.8. The van der Waals surface area contributed by atoms with E-state index < -0.39 is 5.60 Å². The van der Waals surface area contributed by atoms with Crippen LogP contribution in [0.15, 0.2) is 0 Å². The highest BCUT2D eigenvalue weighted by atomic mass is 16.6. The van der Waals surface area contributed by atoms with Gasteiger partial charge in [0.15, 0.2) is 0 Å². The van der Waals surface area contributed by atoms with Gasteiger partial charge in [0.1, 0.15) is 5.60 Å². The molecule has 0 aromatic rings. The summed E-state index contributed by atoms with van der Waals surface area (Å²) in [5.74, 6) is 0.222. The van der Waals surface area contributed by atoms with E-state index in [9.17, 15) is 15.0 Å². The Labute approximate surface area is 108 Å². The number of hydrogen-bond donors (Lipinski definition) is 2. The van der Waals surface area contributed by atoms with Crippen LogP contribution in [0.5, 0.6) is 0 Å². The molecule has 4 heteroatoms. The van der Waals surface area contributed by atoms with Crippen molar-refractivity contribution >= 4 is 5.97 Å². The van der Waals surface area contributed by atoms with Crippen molar-refractivity contribution in [3.63, 3.8) is 0 Å². The van der Waals surface area contributed by atoms with Crippen molar-refractivity contribution < 1.29 is 19.7 Å². The van der Waals surface area contributed by atoms with Gasteiger partial charge in [0.25, 0.3) is 0 Å². The summed E-state index contributed by atoms with van der Waals surface area (Å²) in [7, 11) is 0. The predicted octanol–water partition coefficient (Wildman–Crippen LogP) is 1.20. The second-order valence-electron chi connectivity index (χ2n) is 6.66. The van der Waals surface area contributed by atoms with E-state index in [2.05, 4.69) is 0 Å². The van der Waals surface area contributed by atoms with Gasteiger partial charge in [-0.05, 0) is 57.3 Å². The fourth-order valence-electron chi connectivity index (χ4n) is 3.92. The van der Waals surface area contributed by atoms with E-state index in [0.29, 0.717) is 0 Å². The third kappa shape index (κ3) is 2.28. The summed E-state index contributed by atoms with van der Waals surface area (Å²) >= 11 is 0. The van der Waals surface area contributed by atoms with Gasteiger partial charge in [-0.1, -0.05) is 0 Å². The highest BCUT2D eigenvalue weighted by Crippen LogP contribution is 2.56. The SMILES string of the molecule is CC(C)(C)OC(=O)C1[C@H]2CC[C@@H]1[C@@H](CO)[C@H]2CO. The maximum atomic E-state index is 12.3. The monoisotopic (exact) mass is 256 g/mol. The Morgan fingerprint density at radius 2 is 1.56 bits per heavy atom. The second kappa shape index (κ2) is 4.82. The molecular weight excluding hydrogens is 232 g/mol. The molecule has 0 aromatic heterocycles. The van der Waals surface area contributed by atoms with Gasteiger partial charge < -0.3 is 14.9 Å². The molecule has 2 bridgehead atoms. The molecule has 0 aliphatic heterocycles. The maximum absolute atomic E-state index is 12.3. The Morgan fingerprint density at radius 1 is 1.11 bits per heavy atom. The molecule has 0 heterocycles. The van der Waals surface area contributed by atoms with Gasteiger partial charge in [0.2, 0.25) is 0 Å². The zero-order valence-corrected chi connectivity index (χ0v) is 11.4. The molecule has 0 saturated heterocycles. The van der Waals surface area contributed by atoms with Crippen molar-refractivity contribution in [2.24, 2.45) is 29.6 Å². The van der Waals surface area contributed by atoms with Crippen LogP contribution in [-0.2, 0) is 9.53 Å². The van der Waals surface area contributed by atoms with Gasteiger partial charge in [-0.2, -0.15) is 0 Å². The third-order valence-corrected chi connectivity index (χ3v) is 4.51. The molecule has 18 heavy (non-hydrogen) atoms. The summed E-state index contributed by atoms with van der Waals surface area (Å²) in [5, 5.41) is 18.9. The maximum Gasteiger partial charge on any atom is 0.310 e. The number of aliphatic hydroxyl groups excluding tert-OH is 2. The van der Waals surface area contributed by atoms with Gasteiger partial charge in [-0.15, -0.1) is 0 Å². The topological polar surface area (TPSA) is 66.8 Å². The Bertz CT molecular complexity index is 302. The Kier molecular flexibility index (Phi) is 3.70. The van der Waals surface area contributed by atoms with Crippen molar-refractivity contribution in [1.82, 2.24) is 0 Å². The smallest absolute Gasteiger partial charge is 0.310 e. The first-order valence-corrected chi connectivity index (χ1v) is 6.83. The molecule has 4 nitrogen and oxygen atoms in total. The van der Waals surface area contributed by atoms with Gasteiger partial charge in [-0.25, -0.2) is 0 Å². The normalized spacial score (nSPS) is 39.1. The van der Waals surface area contributed by atoms with Crippen LogP contribution in [0.4, 0.5) is 0 Å². The van der Waals surface area contributed by atoms with E-state index in [4.69, 9.17) is 4.74 Å². The molecule has 0 amide bonds. The molecule has 2 aliphatic rings. The van der Waals surface area contributed by atoms with E-state index in [1.807, 2.05) is 20.8 Å². The number of aliphatic hydroxyl groups is 2. The number of fused-ring (bicyclic) bond motifs is 2. The van der Waals surface area contributed by atoms with Crippen LogP contribution in [0.1, 0.15) is 33.6 Å². The molecule has 104 valence electrons.